The maximum Gasteiger partial charge on any atom is 0.191 e. The number of rotatable bonds is 6. The van der Waals surface area contributed by atoms with Gasteiger partial charge in [0.25, 0.3) is 0 Å². The summed E-state index contributed by atoms with van der Waals surface area (Å²) in [5.74, 6) is 1.17. The van der Waals surface area contributed by atoms with E-state index in [1.54, 1.807) is 7.05 Å². The fourth-order valence-electron chi connectivity index (χ4n) is 4.00. The topological polar surface area (TPSA) is 77.0 Å². The molecule has 2 saturated heterocycles. The number of halogens is 1. The lowest BCUT2D eigenvalue weighted by Gasteiger charge is -2.40. The Kier molecular flexibility index (Phi) is 9.64. The summed E-state index contributed by atoms with van der Waals surface area (Å²) < 4.78 is 23.2. The largest absolute Gasteiger partial charge is 0.356 e. The number of guanidine groups is 1. The van der Waals surface area contributed by atoms with Crippen molar-refractivity contribution in [1.82, 2.24) is 20.4 Å². The highest BCUT2D eigenvalue weighted by molar-refractivity contribution is 14.0. The molecule has 9 heteroatoms. The molecule has 2 fully saturated rings. The third kappa shape index (κ3) is 7.37. The number of hydrogen-bond acceptors (Lipinski definition) is 5. The van der Waals surface area contributed by atoms with Crippen molar-refractivity contribution in [2.24, 2.45) is 4.99 Å². The minimum atomic E-state index is -2.88. The van der Waals surface area contributed by atoms with E-state index < -0.39 is 9.84 Å². The van der Waals surface area contributed by atoms with Gasteiger partial charge in [-0.05, 0) is 25.5 Å². The van der Waals surface area contributed by atoms with Crippen molar-refractivity contribution in [3.8, 4) is 0 Å². The van der Waals surface area contributed by atoms with Gasteiger partial charge in [-0.1, -0.05) is 30.3 Å². The zero-order valence-corrected chi connectivity index (χ0v) is 20.5. The van der Waals surface area contributed by atoms with Crippen molar-refractivity contribution in [1.29, 1.82) is 0 Å². The molecule has 2 aliphatic heterocycles. The first kappa shape index (κ1) is 24.4. The number of nitrogens with one attached hydrogen (secondary N) is 2. The number of sulfone groups is 1. The molecule has 0 aliphatic carbocycles. The fourth-order valence-corrected chi connectivity index (χ4v) is 5.68. The first-order valence-electron chi connectivity index (χ1n) is 10.1. The molecule has 2 N–H and O–H groups in total. The molecule has 3 rings (SSSR count). The van der Waals surface area contributed by atoms with Crippen LogP contribution < -0.4 is 10.6 Å². The lowest BCUT2D eigenvalue weighted by atomic mass is 10.0. The van der Waals surface area contributed by atoms with Crippen LogP contribution in [0.2, 0.25) is 0 Å². The molecule has 0 radical (unpaired) electrons. The lowest BCUT2D eigenvalue weighted by molar-refractivity contribution is 0.0891. The quantitative estimate of drug-likeness (QED) is 0.248. The van der Waals surface area contributed by atoms with Crippen molar-refractivity contribution < 1.29 is 8.42 Å². The van der Waals surface area contributed by atoms with Crippen molar-refractivity contribution in [3.63, 3.8) is 0 Å². The van der Waals surface area contributed by atoms with E-state index in [4.69, 9.17) is 0 Å². The Balaban J connectivity index is 0.00000300. The van der Waals surface area contributed by atoms with Crippen LogP contribution in [0, 0.1) is 0 Å². The Hall–Kier alpha value is -0.910. The van der Waals surface area contributed by atoms with E-state index in [0.717, 1.165) is 39.1 Å². The van der Waals surface area contributed by atoms with Crippen LogP contribution in [0.15, 0.2) is 35.3 Å². The van der Waals surface area contributed by atoms with Gasteiger partial charge >= 0.3 is 0 Å². The minimum Gasteiger partial charge on any atom is -0.356 e. The molecule has 164 valence electrons. The summed E-state index contributed by atoms with van der Waals surface area (Å²) in [4.78, 5) is 9.20. The summed E-state index contributed by atoms with van der Waals surface area (Å²) in [7, 11) is 1.03. The zero-order valence-electron chi connectivity index (χ0n) is 17.4. The molecule has 29 heavy (non-hydrogen) atoms. The fraction of sp³-hybridized carbons (Fsp3) is 0.650. The van der Waals surface area contributed by atoms with Crippen LogP contribution in [0.25, 0.3) is 0 Å². The normalized spacial score (nSPS) is 25.4. The van der Waals surface area contributed by atoms with Crippen molar-refractivity contribution in [2.75, 3.05) is 58.3 Å². The van der Waals surface area contributed by atoms with Crippen LogP contribution in [0.4, 0.5) is 0 Å². The zero-order chi connectivity index (χ0) is 20.0. The molecule has 1 aromatic carbocycles. The van der Waals surface area contributed by atoms with Crippen LogP contribution in [0.3, 0.4) is 0 Å². The van der Waals surface area contributed by atoms with Crippen molar-refractivity contribution in [2.45, 2.75) is 24.9 Å². The molecule has 2 atom stereocenters. The van der Waals surface area contributed by atoms with Gasteiger partial charge in [0, 0.05) is 51.9 Å². The maximum atomic E-state index is 11.6. The molecule has 0 saturated carbocycles. The van der Waals surface area contributed by atoms with E-state index in [1.807, 2.05) is 0 Å². The number of likely N-dealkylation sites (N-methyl/N-ethyl adjacent to an activating group) is 1. The highest BCUT2D eigenvalue weighted by atomic mass is 127. The monoisotopic (exact) mass is 535 g/mol. The van der Waals surface area contributed by atoms with Gasteiger partial charge in [-0.15, -0.1) is 24.0 Å². The number of nitrogens with zero attached hydrogens (tertiary/aromatic N) is 3. The number of hydrogen-bond donors (Lipinski definition) is 2. The summed E-state index contributed by atoms with van der Waals surface area (Å²) in [6.07, 6.45) is 1.67. The highest BCUT2D eigenvalue weighted by Gasteiger charge is 2.28. The number of piperazine rings is 1. The van der Waals surface area contributed by atoms with Crippen LogP contribution in [0.5, 0.6) is 0 Å². The molecular weight excluding hydrogens is 501 g/mol. The molecule has 2 unspecified atom stereocenters. The standard InChI is InChI=1S/C20H33N5O2S.HI/c1-21-20(23-18-9-14-28(26,27)16-18)22-10-6-11-25-13-12-24(2)15-19(25)17-7-4-3-5-8-17;/h3-5,7-8,18-19H,6,9-16H2,1-2H3,(H2,21,22,23);1H. The molecular formula is C20H34IN5O2S. The summed E-state index contributed by atoms with van der Waals surface area (Å²) in [5.41, 5.74) is 1.38. The molecule has 7 nitrogen and oxygen atoms in total. The summed E-state index contributed by atoms with van der Waals surface area (Å²) in [6.45, 7) is 5.05. The Bertz CT molecular complexity index is 759. The molecule has 2 heterocycles. The van der Waals surface area contributed by atoms with Gasteiger partial charge in [0.1, 0.15) is 0 Å². The maximum absolute atomic E-state index is 11.6. The van der Waals surface area contributed by atoms with Crippen LogP contribution >= 0.6 is 24.0 Å². The first-order chi connectivity index (χ1) is 13.5. The summed E-state index contributed by atoms with van der Waals surface area (Å²) >= 11 is 0. The van der Waals surface area contributed by atoms with Gasteiger partial charge < -0.3 is 15.5 Å². The molecule has 2 aliphatic rings. The SMILES string of the molecule is CN=C(NCCCN1CCN(C)CC1c1ccccc1)NC1CCS(=O)(=O)C1.I. The third-order valence-electron chi connectivity index (χ3n) is 5.59. The average Bonchev–Trinajstić information content (AvgIpc) is 3.04. The van der Waals surface area contributed by atoms with Gasteiger partial charge in [0.05, 0.1) is 11.5 Å². The first-order valence-corrected chi connectivity index (χ1v) is 11.9. The van der Waals surface area contributed by atoms with Gasteiger partial charge in [-0.3, -0.25) is 9.89 Å². The van der Waals surface area contributed by atoms with Crippen molar-refractivity contribution in [3.05, 3.63) is 35.9 Å². The Morgan fingerprint density at radius 1 is 1.24 bits per heavy atom. The second-order valence-electron chi connectivity index (χ2n) is 7.82. The van der Waals surface area contributed by atoms with E-state index >= 15 is 0 Å². The smallest absolute Gasteiger partial charge is 0.191 e. The van der Waals surface area contributed by atoms with E-state index in [1.165, 1.54) is 5.56 Å². The average molecular weight is 535 g/mol. The second-order valence-corrected chi connectivity index (χ2v) is 10.1. The second kappa shape index (κ2) is 11.5. The van der Waals surface area contributed by atoms with Gasteiger partial charge in [0.15, 0.2) is 15.8 Å². The Labute approximate surface area is 192 Å². The van der Waals surface area contributed by atoms with Crippen molar-refractivity contribution >= 4 is 39.8 Å². The molecule has 0 aromatic heterocycles. The number of benzene rings is 1. The van der Waals surface area contributed by atoms with E-state index in [9.17, 15) is 8.42 Å². The van der Waals surface area contributed by atoms with Crippen LogP contribution in [-0.2, 0) is 9.84 Å². The molecule has 0 amide bonds. The minimum absolute atomic E-state index is 0. The Morgan fingerprint density at radius 3 is 2.66 bits per heavy atom. The van der Waals surface area contributed by atoms with E-state index in [0.29, 0.717) is 18.4 Å². The molecule has 0 bridgehead atoms. The highest BCUT2D eigenvalue weighted by Crippen LogP contribution is 2.24. The molecule has 1 aromatic rings. The predicted octanol–water partition coefficient (Wildman–Crippen LogP) is 1.34. The van der Waals surface area contributed by atoms with Gasteiger partial charge in [-0.2, -0.15) is 0 Å². The lowest BCUT2D eigenvalue weighted by Crippen LogP contribution is -2.48. The van der Waals surface area contributed by atoms with E-state index in [2.05, 4.69) is 62.8 Å². The van der Waals surface area contributed by atoms with E-state index in [-0.39, 0.29) is 41.5 Å². The van der Waals surface area contributed by atoms with Crippen LogP contribution in [-0.4, -0.2) is 88.5 Å². The summed E-state index contributed by atoms with van der Waals surface area (Å²) in [5, 5.41) is 6.57. The molecule has 0 spiro atoms. The van der Waals surface area contributed by atoms with Gasteiger partial charge in [0.2, 0.25) is 0 Å². The third-order valence-corrected chi connectivity index (χ3v) is 7.36. The predicted molar refractivity (Wildman–Crippen MR) is 130 cm³/mol. The Morgan fingerprint density at radius 2 is 2.00 bits per heavy atom. The summed E-state index contributed by atoms with van der Waals surface area (Å²) in [6, 6.07) is 11.1. The number of aliphatic imine (C=N–C) groups is 1. The van der Waals surface area contributed by atoms with Gasteiger partial charge in [-0.25, -0.2) is 8.42 Å². The van der Waals surface area contributed by atoms with Crippen LogP contribution in [0.1, 0.15) is 24.4 Å².